The van der Waals surface area contributed by atoms with Crippen LogP contribution in [0, 0.1) is 11.7 Å². The lowest BCUT2D eigenvalue weighted by Gasteiger charge is -2.41. The summed E-state index contributed by atoms with van der Waals surface area (Å²) in [6, 6.07) is 12.3. The summed E-state index contributed by atoms with van der Waals surface area (Å²) in [5.74, 6) is -1.28. The molecule has 8 heteroatoms. The number of ether oxygens (including phenoxy) is 1. The molecule has 4 rings (SSSR count). The van der Waals surface area contributed by atoms with E-state index in [2.05, 4.69) is 5.32 Å². The number of rotatable bonds is 7. The molecular formula is C26H29FN2O5. The summed E-state index contributed by atoms with van der Waals surface area (Å²) in [5.41, 5.74) is 1.86. The predicted molar refractivity (Wildman–Crippen MR) is 123 cm³/mol. The SMILES string of the molecule is CC(C)C(=O)N(Cc1ccc(F)cc1)[C@@H]1C=C(C(=O)NCCO)[C@@H]2c3ccccc3O[C@@H]2[C@H]1O. The summed E-state index contributed by atoms with van der Waals surface area (Å²) in [5, 5.41) is 23.3. The number of nitrogens with zero attached hydrogens (tertiary/aromatic N) is 1. The van der Waals surface area contributed by atoms with E-state index in [0.717, 1.165) is 5.56 Å². The van der Waals surface area contributed by atoms with Crippen LogP contribution in [0.25, 0.3) is 0 Å². The summed E-state index contributed by atoms with van der Waals surface area (Å²) in [6.45, 7) is 3.52. The van der Waals surface area contributed by atoms with Gasteiger partial charge in [-0.05, 0) is 29.8 Å². The number of halogens is 1. The summed E-state index contributed by atoms with van der Waals surface area (Å²) in [7, 11) is 0. The maximum atomic E-state index is 13.4. The molecule has 0 bridgehead atoms. The predicted octanol–water partition coefficient (Wildman–Crippen LogP) is 2.13. The van der Waals surface area contributed by atoms with E-state index in [1.54, 1.807) is 38.1 Å². The van der Waals surface area contributed by atoms with E-state index >= 15 is 0 Å². The summed E-state index contributed by atoms with van der Waals surface area (Å²) in [4.78, 5) is 27.9. The van der Waals surface area contributed by atoms with Crippen molar-refractivity contribution in [3.05, 3.63) is 77.1 Å². The van der Waals surface area contributed by atoms with E-state index in [1.807, 2.05) is 18.2 Å². The van der Waals surface area contributed by atoms with Gasteiger partial charge in [0.15, 0.2) is 0 Å². The monoisotopic (exact) mass is 468 g/mol. The molecule has 1 heterocycles. The van der Waals surface area contributed by atoms with Crippen LogP contribution < -0.4 is 10.1 Å². The van der Waals surface area contributed by atoms with Crippen LogP contribution >= 0.6 is 0 Å². The zero-order valence-corrected chi connectivity index (χ0v) is 19.1. The fourth-order valence-electron chi connectivity index (χ4n) is 4.64. The number of carbonyl (C=O) groups excluding carboxylic acids is 2. The lowest BCUT2D eigenvalue weighted by molar-refractivity contribution is -0.141. The molecule has 0 radical (unpaired) electrons. The van der Waals surface area contributed by atoms with Crippen LogP contribution in [-0.2, 0) is 16.1 Å². The first-order chi connectivity index (χ1) is 16.3. The zero-order chi connectivity index (χ0) is 24.4. The Morgan fingerprint density at radius 3 is 2.53 bits per heavy atom. The van der Waals surface area contributed by atoms with Crippen LogP contribution in [0.15, 0.2) is 60.2 Å². The molecule has 0 aromatic heterocycles. The van der Waals surface area contributed by atoms with E-state index in [9.17, 15) is 24.2 Å². The van der Waals surface area contributed by atoms with Gasteiger partial charge in [-0.15, -0.1) is 0 Å². The first kappa shape index (κ1) is 23.9. The smallest absolute Gasteiger partial charge is 0.247 e. The number of aliphatic hydroxyl groups is 2. The maximum absolute atomic E-state index is 13.4. The third kappa shape index (κ3) is 4.56. The first-order valence-electron chi connectivity index (χ1n) is 11.4. The van der Waals surface area contributed by atoms with Crippen molar-refractivity contribution in [1.29, 1.82) is 0 Å². The molecule has 2 aromatic carbocycles. The molecule has 0 spiro atoms. The Kier molecular flexibility index (Phi) is 7.00. The van der Waals surface area contributed by atoms with Crippen LogP contribution in [0.4, 0.5) is 4.39 Å². The minimum absolute atomic E-state index is 0.0769. The topological polar surface area (TPSA) is 99.1 Å². The Labute approximate surface area is 197 Å². The number of fused-ring (bicyclic) bond motifs is 3. The van der Waals surface area contributed by atoms with Crippen molar-refractivity contribution in [3.8, 4) is 5.75 Å². The quantitative estimate of drug-likeness (QED) is 0.578. The number of benzene rings is 2. The van der Waals surface area contributed by atoms with E-state index in [-0.39, 0.29) is 43.2 Å². The molecule has 7 nitrogen and oxygen atoms in total. The molecule has 2 amide bonds. The highest BCUT2D eigenvalue weighted by Gasteiger charge is 2.50. The lowest BCUT2D eigenvalue weighted by atomic mass is 9.77. The van der Waals surface area contributed by atoms with Gasteiger partial charge in [0.2, 0.25) is 11.8 Å². The molecule has 4 atom stereocenters. The van der Waals surface area contributed by atoms with Gasteiger partial charge in [0.05, 0.1) is 18.6 Å². The van der Waals surface area contributed by atoms with Crippen molar-refractivity contribution in [2.75, 3.05) is 13.2 Å². The summed E-state index contributed by atoms with van der Waals surface area (Å²) in [6.07, 6.45) is -0.235. The highest BCUT2D eigenvalue weighted by molar-refractivity contribution is 5.96. The number of amides is 2. The summed E-state index contributed by atoms with van der Waals surface area (Å²) < 4.78 is 19.5. The molecule has 1 aliphatic heterocycles. The van der Waals surface area contributed by atoms with Gasteiger partial charge >= 0.3 is 0 Å². The Balaban J connectivity index is 1.76. The van der Waals surface area contributed by atoms with Crippen LogP contribution in [0.1, 0.15) is 30.9 Å². The molecule has 180 valence electrons. The van der Waals surface area contributed by atoms with E-state index in [1.165, 1.54) is 17.0 Å². The highest BCUT2D eigenvalue weighted by atomic mass is 19.1. The van der Waals surface area contributed by atoms with E-state index < -0.39 is 24.2 Å². The Hall–Kier alpha value is -3.23. The van der Waals surface area contributed by atoms with Gasteiger partial charge < -0.3 is 25.2 Å². The standard InChI is InChI=1S/C26H29FN2O5/c1-15(2)26(33)29(14-16-7-9-17(27)10-8-16)20-13-19(25(32)28-11-12-30)22-18-5-3-4-6-21(18)34-24(22)23(20)31/h3-10,13,15,20,22-24,30-31H,11-12,14H2,1-2H3,(H,28,32)/t20-,22+,23+,24+/m1/s1. The number of aliphatic hydroxyl groups excluding tert-OH is 2. The first-order valence-corrected chi connectivity index (χ1v) is 11.4. The second-order valence-electron chi connectivity index (χ2n) is 8.93. The van der Waals surface area contributed by atoms with Crippen molar-refractivity contribution < 1.29 is 28.9 Å². The minimum atomic E-state index is -1.10. The van der Waals surface area contributed by atoms with Crippen LogP contribution in [0.3, 0.4) is 0 Å². The average molecular weight is 469 g/mol. The average Bonchev–Trinajstić information content (AvgIpc) is 3.22. The third-order valence-electron chi connectivity index (χ3n) is 6.28. The van der Waals surface area contributed by atoms with Crippen molar-refractivity contribution in [2.45, 2.75) is 44.6 Å². The van der Waals surface area contributed by atoms with Gasteiger partial charge in [-0.25, -0.2) is 4.39 Å². The second-order valence-corrected chi connectivity index (χ2v) is 8.93. The molecule has 0 saturated heterocycles. The molecular weight excluding hydrogens is 439 g/mol. The van der Waals surface area contributed by atoms with Crippen molar-refractivity contribution in [1.82, 2.24) is 10.2 Å². The molecule has 34 heavy (non-hydrogen) atoms. The van der Waals surface area contributed by atoms with Crippen molar-refractivity contribution in [2.24, 2.45) is 5.92 Å². The summed E-state index contributed by atoms with van der Waals surface area (Å²) >= 11 is 0. The molecule has 0 fully saturated rings. The van der Waals surface area contributed by atoms with Crippen LogP contribution in [0.2, 0.25) is 0 Å². The van der Waals surface area contributed by atoms with E-state index in [0.29, 0.717) is 16.9 Å². The van der Waals surface area contributed by atoms with Gasteiger partial charge in [0, 0.05) is 30.1 Å². The molecule has 0 saturated carbocycles. The molecule has 1 aliphatic carbocycles. The number of hydrogen-bond donors (Lipinski definition) is 3. The number of para-hydroxylation sites is 1. The van der Waals surface area contributed by atoms with Gasteiger partial charge in [0.25, 0.3) is 0 Å². The highest BCUT2D eigenvalue weighted by Crippen LogP contribution is 2.47. The van der Waals surface area contributed by atoms with Gasteiger partial charge in [-0.1, -0.05) is 44.2 Å². The largest absolute Gasteiger partial charge is 0.486 e. The minimum Gasteiger partial charge on any atom is -0.486 e. The van der Waals surface area contributed by atoms with Crippen molar-refractivity contribution >= 4 is 11.8 Å². The molecule has 3 N–H and O–H groups in total. The Bertz CT molecular complexity index is 1080. The maximum Gasteiger partial charge on any atom is 0.247 e. The molecule has 2 aliphatic rings. The third-order valence-corrected chi connectivity index (χ3v) is 6.28. The van der Waals surface area contributed by atoms with E-state index in [4.69, 9.17) is 4.74 Å². The molecule has 0 unspecified atom stereocenters. The van der Waals surface area contributed by atoms with Crippen LogP contribution in [0.5, 0.6) is 5.75 Å². The normalized spacial score (nSPS) is 22.9. The van der Waals surface area contributed by atoms with Crippen molar-refractivity contribution in [3.63, 3.8) is 0 Å². The fraction of sp³-hybridized carbons (Fsp3) is 0.385. The zero-order valence-electron chi connectivity index (χ0n) is 19.1. The second kappa shape index (κ2) is 9.95. The lowest BCUT2D eigenvalue weighted by Crippen LogP contribution is -2.56. The number of carbonyl (C=O) groups is 2. The van der Waals surface area contributed by atoms with Gasteiger partial charge in [-0.3, -0.25) is 9.59 Å². The Morgan fingerprint density at radius 1 is 1.15 bits per heavy atom. The fourth-order valence-corrected chi connectivity index (χ4v) is 4.64. The molecule has 2 aromatic rings. The van der Waals surface area contributed by atoms with Gasteiger partial charge in [-0.2, -0.15) is 0 Å². The van der Waals surface area contributed by atoms with Gasteiger partial charge in [0.1, 0.15) is 23.8 Å². The van der Waals surface area contributed by atoms with Crippen LogP contribution in [-0.4, -0.2) is 58.3 Å². The number of nitrogens with one attached hydrogen (secondary N) is 1. The number of hydrogen-bond acceptors (Lipinski definition) is 5. The Morgan fingerprint density at radius 2 is 1.85 bits per heavy atom.